The first-order chi connectivity index (χ1) is 9.92. The van der Waals surface area contributed by atoms with Crippen LogP contribution in [-0.2, 0) is 16.6 Å². The van der Waals surface area contributed by atoms with Gasteiger partial charge >= 0.3 is 0 Å². The number of nitrogen functional groups attached to an aromatic ring is 1. The van der Waals surface area contributed by atoms with E-state index in [0.717, 1.165) is 8.66 Å². The highest BCUT2D eigenvalue weighted by atomic mass is 79.9. The highest BCUT2D eigenvalue weighted by Gasteiger charge is 2.14. The number of sulfonamides is 1. The zero-order chi connectivity index (χ0) is 15.5. The Morgan fingerprint density at radius 3 is 2.67 bits per heavy atom. The molecule has 114 valence electrons. The second-order valence-electron chi connectivity index (χ2n) is 4.31. The Balaban J connectivity index is 2.19. The van der Waals surface area contributed by atoms with Gasteiger partial charge in [-0.15, -0.1) is 11.3 Å². The van der Waals surface area contributed by atoms with Crippen LogP contribution < -0.4 is 15.8 Å². The van der Waals surface area contributed by atoms with Gasteiger partial charge < -0.3 is 11.1 Å². The fourth-order valence-corrected chi connectivity index (χ4v) is 4.25. The van der Waals surface area contributed by atoms with Gasteiger partial charge in [-0.2, -0.15) is 0 Å². The number of hydrogen-bond donors (Lipinski definition) is 3. The summed E-state index contributed by atoms with van der Waals surface area (Å²) in [4.78, 5) is 1.33. The van der Waals surface area contributed by atoms with Crippen molar-refractivity contribution in [3.05, 3.63) is 39.0 Å². The standard InChI is InChI=1S/C13H16BrN3O2S2/c1-2-17-21(18,19)10-4-5-11(15)12(7-10)16-8-9-3-6-13(14)20-9/h3-7,16-17H,2,8,15H2,1H3. The molecule has 8 heteroatoms. The molecule has 2 rings (SSSR count). The average molecular weight is 390 g/mol. The maximum atomic E-state index is 12.0. The lowest BCUT2D eigenvalue weighted by atomic mass is 10.2. The number of nitrogens with two attached hydrogens (primary N) is 1. The Bertz CT molecular complexity index is 729. The highest BCUT2D eigenvalue weighted by molar-refractivity contribution is 9.11. The number of nitrogens with one attached hydrogen (secondary N) is 2. The molecule has 1 aromatic carbocycles. The van der Waals surface area contributed by atoms with Crippen LogP contribution in [0.1, 0.15) is 11.8 Å². The number of benzene rings is 1. The molecule has 0 unspecified atom stereocenters. The minimum Gasteiger partial charge on any atom is -0.397 e. The molecule has 0 fully saturated rings. The van der Waals surface area contributed by atoms with Crippen LogP contribution in [0.15, 0.2) is 39.0 Å². The van der Waals surface area contributed by atoms with E-state index >= 15 is 0 Å². The quantitative estimate of drug-likeness (QED) is 0.662. The first kappa shape index (κ1) is 16.3. The lowest BCUT2D eigenvalue weighted by Crippen LogP contribution is -2.23. The molecule has 0 aliphatic carbocycles. The van der Waals surface area contributed by atoms with Crippen LogP contribution in [0.5, 0.6) is 0 Å². The zero-order valence-electron chi connectivity index (χ0n) is 11.4. The van der Waals surface area contributed by atoms with Gasteiger partial charge in [-0.1, -0.05) is 6.92 Å². The molecule has 0 bridgehead atoms. The summed E-state index contributed by atoms with van der Waals surface area (Å²) in [6.07, 6.45) is 0. The van der Waals surface area contributed by atoms with Crippen molar-refractivity contribution in [3.63, 3.8) is 0 Å². The van der Waals surface area contributed by atoms with Crippen molar-refractivity contribution >= 4 is 48.7 Å². The summed E-state index contributed by atoms with van der Waals surface area (Å²) in [6.45, 7) is 2.67. The van der Waals surface area contributed by atoms with Gasteiger partial charge in [0.2, 0.25) is 10.0 Å². The van der Waals surface area contributed by atoms with E-state index in [1.54, 1.807) is 30.4 Å². The topological polar surface area (TPSA) is 84.2 Å². The summed E-state index contributed by atoms with van der Waals surface area (Å²) in [5.74, 6) is 0. The second kappa shape index (κ2) is 6.78. The maximum absolute atomic E-state index is 12.0. The van der Waals surface area contributed by atoms with Gasteiger partial charge in [-0.25, -0.2) is 13.1 Å². The average Bonchev–Trinajstić information content (AvgIpc) is 2.83. The zero-order valence-corrected chi connectivity index (χ0v) is 14.6. The fourth-order valence-electron chi connectivity index (χ4n) is 1.76. The third-order valence-corrected chi connectivity index (χ3v) is 5.92. The van der Waals surface area contributed by atoms with Crippen LogP contribution in [0, 0.1) is 0 Å². The molecule has 0 saturated carbocycles. The van der Waals surface area contributed by atoms with Crippen molar-refractivity contribution in [2.45, 2.75) is 18.4 Å². The Labute approximate surface area is 136 Å². The van der Waals surface area contributed by atoms with E-state index in [9.17, 15) is 8.42 Å². The monoisotopic (exact) mass is 389 g/mol. The lowest BCUT2D eigenvalue weighted by molar-refractivity contribution is 0.584. The summed E-state index contributed by atoms with van der Waals surface area (Å²) in [7, 11) is -3.48. The molecule has 5 nitrogen and oxygen atoms in total. The van der Waals surface area contributed by atoms with E-state index in [0.29, 0.717) is 24.5 Å². The smallest absolute Gasteiger partial charge is 0.240 e. The molecule has 0 saturated heterocycles. The Kier molecular flexibility index (Phi) is 5.26. The van der Waals surface area contributed by atoms with Crippen molar-refractivity contribution in [1.82, 2.24) is 4.72 Å². The molecule has 21 heavy (non-hydrogen) atoms. The predicted molar refractivity (Wildman–Crippen MR) is 91.1 cm³/mol. The molecular weight excluding hydrogens is 374 g/mol. The summed E-state index contributed by atoms with van der Waals surface area (Å²) in [6, 6.07) is 8.61. The number of rotatable bonds is 6. The van der Waals surface area contributed by atoms with Crippen LogP contribution in [0.4, 0.5) is 11.4 Å². The molecular formula is C13H16BrN3O2S2. The maximum Gasteiger partial charge on any atom is 0.240 e. The van der Waals surface area contributed by atoms with Crippen molar-refractivity contribution in [1.29, 1.82) is 0 Å². The van der Waals surface area contributed by atoms with Gasteiger partial charge in [0.15, 0.2) is 0 Å². The first-order valence-corrected chi connectivity index (χ1v) is 9.39. The van der Waals surface area contributed by atoms with Gasteiger partial charge in [-0.05, 0) is 46.3 Å². The Morgan fingerprint density at radius 2 is 2.05 bits per heavy atom. The molecule has 1 aromatic heterocycles. The number of halogens is 1. The largest absolute Gasteiger partial charge is 0.397 e. The molecule has 1 heterocycles. The molecule has 2 aromatic rings. The first-order valence-electron chi connectivity index (χ1n) is 6.29. The van der Waals surface area contributed by atoms with Gasteiger partial charge in [-0.3, -0.25) is 0 Å². The third kappa shape index (κ3) is 4.19. The Hall–Kier alpha value is -1.09. The van der Waals surface area contributed by atoms with Crippen molar-refractivity contribution < 1.29 is 8.42 Å². The third-order valence-electron chi connectivity index (χ3n) is 2.75. The van der Waals surface area contributed by atoms with E-state index in [4.69, 9.17) is 5.73 Å². The molecule has 0 radical (unpaired) electrons. The van der Waals surface area contributed by atoms with Crippen molar-refractivity contribution in [2.75, 3.05) is 17.6 Å². The molecule has 0 aliphatic heterocycles. The van der Waals surface area contributed by atoms with Crippen LogP contribution in [0.25, 0.3) is 0 Å². The van der Waals surface area contributed by atoms with Crippen LogP contribution in [0.3, 0.4) is 0 Å². The molecule has 0 amide bonds. The predicted octanol–water partition coefficient (Wildman–Crippen LogP) is 3.00. The van der Waals surface area contributed by atoms with Crippen LogP contribution >= 0.6 is 27.3 Å². The van der Waals surface area contributed by atoms with Crippen molar-refractivity contribution in [3.8, 4) is 0 Å². The fraction of sp³-hybridized carbons (Fsp3) is 0.231. The van der Waals surface area contributed by atoms with Crippen molar-refractivity contribution in [2.24, 2.45) is 0 Å². The second-order valence-corrected chi connectivity index (χ2v) is 8.62. The van der Waals surface area contributed by atoms with E-state index in [-0.39, 0.29) is 4.90 Å². The minimum atomic E-state index is -3.48. The van der Waals surface area contributed by atoms with E-state index < -0.39 is 10.0 Å². The summed E-state index contributed by atoms with van der Waals surface area (Å²) < 4.78 is 27.5. The summed E-state index contributed by atoms with van der Waals surface area (Å²) in [5, 5.41) is 3.17. The van der Waals surface area contributed by atoms with Gasteiger partial charge in [0.05, 0.1) is 20.1 Å². The molecule has 4 N–H and O–H groups in total. The van der Waals surface area contributed by atoms with Crippen LogP contribution in [0.2, 0.25) is 0 Å². The highest BCUT2D eigenvalue weighted by Crippen LogP contribution is 2.26. The van der Waals surface area contributed by atoms with Gasteiger partial charge in [0.1, 0.15) is 0 Å². The molecule has 0 aliphatic rings. The summed E-state index contributed by atoms with van der Waals surface area (Å²) >= 11 is 5.02. The number of anilines is 2. The molecule has 0 atom stereocenters. The normalized spacial score (nSPS) is 11.5. The Morgan fingerprint density at radius 1 is 1.29 bits per heavy atom. The molecule has 0 spiro atoms. The number of hydrogen-bond acceptors (Lipinski definition) is 5. The lowest BCUT2D eigenvalue weighted by Gasteiger charge is -2.11. The van der Waals surface area contributed by atoms with E-state index in [1.807, 2.05) is 12.1 Å². The number of thiophene rings is 1. The van der Waals surface area contributed by atoms with Crippen LogP contribution in [-0.4, -0.2) is 15.0 Å². The van der Waals surface area contributed by atoms with E-state index in [1.165, 1.54) is 6.07 Å². The minimum absolute atomic E-state index is 0.202. The summed E-state index contributed by atoms with van der Waals surface area (Å²) in [5.41, 5.74) is 7.02. The van der Waals surface area contributed by atoms with E-state index in [2.05, 4.69) is 26.0 Å². The van der Waals surface area contributed by atoms with Gasteiger partial charge in [0.25, 0.3) is 0 Å². The van der Waals surface area contributed by atoms with Gasteiger partial charge in [0, 0.05) is 18.0 Å². The SMILES string of the molecule is CCNS(=O)(=O)c1ccc(N)c(NCc2ccc(Br)s2)c1.